The first kappa shape index (κ1) is 23.5. The van der Waals surface area contributed by atoms with Crippen molar-refractivity contribution in [1.82, 2.24) is 4.90 Å². The van der Waals surface area contributed by atoms with Gasteiger partial charge in [-0.15, -0.1) is 0 Å². The van der Waals surface area contributed by atoms with E-state index in [0.717, 1.165) is 16.7 Å². The van der Waals surface area contributed by atoms with E-state index in [1.54, 1.807) is 0 Å². The van der Waals surface area contributed by atoms with Gasteiger partial charge in [0.05, 0.1) is 0 Å². The van der Waals surface area contributed by atoms with Crippen molar-refractivity contribution in [2.24, 2.45) is 0 Å². The lowest BCUT2D eigenvalue weighted by Crippen LogP contribution is -2.59. The van der Waals surface area contributed by atoms with Gasteiger partial charge in [-0.3, -0.25) is 4.90 Å². The molecule has 0 bridgehead atoms. The third-order valence-corrected chi connectivity index (χ3v) is 5.78. The molecule has 4 rings (SSSR count). The van der Waals surface area contributed by atoms with Crippen LogP contribution in [0.5, 0.6) is 0 Å². The molecule has 7 heteroatoms. The van der Waals surface area contributed by atoms with Crippen LogP contribution < -0.4 is 0 Å². The van der Waals surface area contributed by atoms with Gasteiger partial charge in [0.1, 0.15) is 12.6 Å². The second-order valence-corrected chi connectivity index (χ2v) is 7.86. The van der Waals surface area contributed by atoms with Gasteiger partial charge in [0.2, 0.25) is 0 Å². The Morgan fingerprint density at radius 3 is 1.94 bits per heavy atom. The normalized spacial score (nSPS) is 20.1. The maximum Gasteiger partial charge on any atom is 0.411 e. The second kappa shape index (κ2) is 11.0. The number of nitrogens with zero attached hydrogens (tertiary/aromatic N) is 1. The molecule has 0 aromatic heterocycles. The number of hydrogen-bond acceptors (Lipinski definition) is 6. The monoisotopic (exact) mass is 461 g/mol. The fourth-order valence-corrected chi connectivity index (χ4v) is 4.19. The van der Waals surface area contributed by atoms with Gasteiger partial charge in [0.15, 0.2) is 18.4 Å². The highest BCUT2D eigenvalue weighted by Gasteiger charge is 2.52. The lowest BCUT2D eigenvalue weighted by Gasteiger charge is -2.45. The minimum Gasteiger partial charge on any atom is -0.453 e. The number of cyclic esters (lactones) is 1. The Balaban J connectivity index is 1.77. The number of morpholine rings is 1. The Morgan fingerprint density at radius 2 is 1.38 bits per heavy atom. The number of methoxy groups -OCH3 is 2. The van der Waals surface area contributed by atoms with Crippen molar-refractivity contribution in [3.05, 3.63) is 108 Å². The Labute approximate surface area is 198 Å². The molecule has 3 aromatic rings. The van der Waals surface area contributed by atoms with Gasteiger partial charge >= 0.3 is 12.1 Å². The molecule has 0 saturated carbocycles. The van der Waals surface area contributed by atoms with Crippen LogP contribution in [0.2, 0.25) is 0 Å². The summed E-state index contributed by atoms with van der Waals surface area (Å²) in [6.45, 7) is 0.0556. The first-order chi connectivity index (χ1) is 16.6. The van der Waals surface area contributed by atoms with Crippen molar-refractivity contribution in [2.75, 3.05) is 14.2 Å². The van der Waals surface area contributed by atoms with E-state index in [1.165, 1.54) is 19.1 Å². The third-order valence-electron chi connectivity index (χ3n) is 5.78. The van der Waals surface area contributed by atoms with Crippen molar-refractivity contribution in [3.63, 3.8) is 0 Å². The van der Waals surface area contributed by atoms with Crippen LogP contribution >= 0.6 is 0 Å². The van der Waals surface area contributed by atoms with Crippen molar-refractivity contribution in [3.8, 4) is 0 Å². The highest BCUT2D eigenvalue weighted by atomic mass is 16.7. The highest BCUT2D eigenvalue weighted by molar-refractivity contribution is 5.84. The average molecular weight is 462 g/mol. The van der Waals surface area contributed by atoms with Crippen molar-refractivity contribution in [2.45, 2.75) is 31.1 Å². The lowest BCUT2D eigenvalue weighted by atomic mass is 9.91. The van der Waals surface area contributed by atoms with E-state index in [-0.39, 0.29) is 6.61 Å². The smallest absolute Gasteiger partial charge is 0.411 e. The van der Waals surface area contributed by atoms with Gasteiger partial charge in [-0.05, 0) is 16.7 Å². The SMILES string of the molecule is COC(OC)[C@H]1C(=O)O[C@H](c2ccccc2)[C@H](c2ccccc2)N1C(=O)OCc1ccccc1. The predicted octanol–water partition coefficient (Wildman–Crippen LogP) is 4.65. The zero-order valence-electron chi connectivity index (χ0n) is 19.1. The quantitative estimate of drug-likeness (QED) is 0.377. The van der Waals surface area contributed by atoms with E-state index in [4.69, 9.17) is 18.9 Å². The molecule has 1 heterocycles. The van der Waals surface area contributed by atoms with Crippen LogP contribution in [0.4, 0.5) is 4.79 Å². The van der Waals surface area contributed by atoms with Gasteiger partial charge in [-0.25, -0.2) is 9.59 Å². The summed E-state index contributed by atoms with van der Waals surface area (Å²) in [5, 5.41) is 0. The van der Waals surface area contributed by atoms with E-state index in [1.807, 2.05) is 91.0 Å². The number of carbonyl (C=O) groups is 2. The minimum atomic E-state index is -1.16. The molecule has 1 saturated heterocycles. The molecule has 1 aliphatic heterocycles. The largest absolute Gasteiger partial charge is 0.453 e. The van der Waals surface area contributed by atoms with Crippen LogP contribution in [-0.4, -0.2) is 43.5 Å². The molecule has 0 aliphatic carbocycles. The van der Waals surface area contributed by atoms with Crippen LogP contribution in [0.1, 0.15) is 28.8 Å². The number of carbonyl (C=O) groups excluding carboxylic acids is 2. The van der Waals surface area contributed by atoms with Crippen LogP contribution in [-0.2, 0) is 30.3 Å². The maximum atomic E-state index is 13.6. The topological polar surface area (TPSA) is 74.3 Å². The molecule has 7 nitrogen and oxygen atoms in total. The number of amides is 1. The van der Waals surface area contributed by atoms with E-state index >= 15 is 0 Å². The number of hydrogen-bond donors (Lipinski definition) is 0. The van der Waals surface area contributed by atoms with Gasteiger partial charge in [-0.2, -0.15) is 0 Å². The van der Waals surface area contributed by atoms with Gasteiger partial charge in [0.25, 0.3) is 0 Å². The first-order valence-corrected chi connectivity index (χ1v) is 11.0. The summed E-state index contributed by atoms with van der Waals surface area (Å²) >= 11 is 0. The van der Waals surface area contributed by atoms with Crippen LogP contribution in [0, 0.1) is 0 Å². The first-order valence-electron chi connectivity index (χ1n) is 11.0. The van der Waals surface area contributed by atoms with Gasteiger partial charge in [0, 0.05) is 14.2 Å². The summed E-state index contributed by atoms with van der Waals surface area (Å²) in [5.41, 5.74) is 2.38. The fourth-order valence-electron chi connectivity index (χ4n) is 4.19. The van der Waals surface area contributed by atoms with E-state index in [0.29, 0.717) is 0 Å². The number of ether oxygens (including phenoxy) is 4. The Hall–Kier alpha value is -3.68. The molecular weight excluding hydrogens is 434 g/mol. The Bertz CT molecular complexity index is 1070. The molecule has 1 fully saturated rings. The second-order valence-electron chi connectivity index (χ2n) is 7.86. The minimum absolute atomic E-state index is 0.0556. The highest BCUT2D eigenvalue weighted by Crippen LogP contribution is 2.43. The molecule has 3 atom stereocenters. The zero-order chi connectivity index (χ0) is 23.9. The van der Waals surface area contributed by atoms with Gasteiger partial charge < -0.3 is 18.9 Å². The standard InChI is InChI=1S/C27H27NO6/c1-31-26(32-2)23-25(29)34-24(21-16-10-5-11-17-21)22(20-14-8-4-9-15-20)28(23)27(30)33-18-19-12-6-3-7-13-19/h3-17,22-24,26H,18H2,1-2H3/t22-,23+,24+/m0/s1. The van der Waals surface area contributed by atoms with Crippen molar-refractivity contribution >= 4 is 12.1 Å². The Kier molecular flexibility index (Phi) is 7.57. The Morgan fingerprint density at radius 1 is 0.853 bits per heavy atom. The van der Waals surface area contributed by atoms with Crippen molar-refractivity contribution in [1.29, 1.82) is 0 Å². The third kappa shape index (κ3) is 4.95. The molecule has 1 amide bonds. The molecular formula is C27H27NO6. The van der Waals surface area contributed by atoms with Crippen LogP contribution in [0.15, 0.2) is 91.0 Å². The predicted molar refractivity (Wildman–Crippen MR) is 125 cm³/mol. The molecule has 0 spiro atoms. The zero-order valence-corrected chi connectivity index (χ0v) is 19.1. The summed E-state index contributed by atoms with van der Waals surface area (Å²) < 4.78 is 22.4. The summed E-state index contributed by atoms with van der Waals surface area (Å²) in [6.07, 6.45) is -2.45. The van der Waals surface area contributed by atoms with Crippen LogP contribution in [0.25, 0.3) is 0 Å². The number of benzene rings is 3. The molecule has 1 aliphatic rings. The number of esters is 1. The molecule has 0 radical (unpaired) electrons. The summed E-state index contributed by atoms with van der Waals surface area (Å²) in [7, 11) is 2.82. The fraction of sp³-hybridized carbons (Fsp3) is 0.259. The molecule has 0 N–H and O–H groups in total. The maximum absolute atomic E-state index is 13.6. The van der Waals surface area contributed by atoms with E-state index in [2.05, 4.69) is 0 Å². The molecule has 3 aromatic carbocycles. The molecule has 34 heavy (non-hydrogen) atoms. The summed E-state index contributed by atoms with van der Waals surface area (Å²) in [4.78, 5) is 28.3. The number of rotatable bonds is 7. The van der Waals surface area contributed by atoms with Gasteiger partial charge in [-0.1, -0.05) is 91.0 Å². The molecule has 176 valence electrons. The van der Waals surface area contributed by atoms with E-state index in [9.17, 15) is 9.59 Å². The summed E-state index contributed by atoms with van der Waals surface area (Å²) in [5.74, 6) is -0.633. The molecule has 0 unspecified atom stereocenters. The average Bonchev–Trinajstić information content (AvgIpc) is 2.90. The summed E-state index contributed by atoms with van der Waals surface area (Å²) in [6, 6.07) is 26.3. The van der Waals surface area contributed by atoms with Crippen LogP contribution in [0.3, 0.4) is 0 Å². The van der Waals surface area contributed by atoms with Crippen molar-refractivity contribution < 1.29 is 28.5 Å². The van der Waals surface area contributed by atoms with E-state index < -0.39 is 36.5 Å². The lowest BCUT2D eigenvalue weighted by molar-refractivity contribution is -0.207.